The molecule has 3 N–H and O–H groups in total. The molecule has 0 saturated carbocycles. The summed E-state index contributed by atoms with van der Waals surface area (Å²) in [7, 11) is 0. The van der Waals surface area contributed by atoms with Crippen LogP contribution in [0.2, 0.25) is 0 Å². The maximum absolute atomic E-state index is 12.5. The first-order chi connectivity index (χ1) is 10.9. The summed E-state index contributed by atoms with van der Waals surface area (Å²) in [4.78, 5) is 12.5. The second kappa shape index (κ2) is 6.96. The summed E-state index contributed by atoms with van der Waals surface area (Å²) in [5.41, 5.74) is 9.14. The molecule has 124 valence electrons. The second-order valence-electron chi connectivity index (χ2n) is 6.03. The fourth-order valence-corrected chi connectivity index (χ4v) is 2.72. The van der Waals surface area contributed by atoms with Crippen LogP contribution in [-0.4, -0.2) is 27.8 Å². The summed E-state index contributed by atoms with van der Waals surface area (Å²) in [5.74, 6) is -0.0842. The van der Waals surface area contributed by atoms with E-state index in [0.717, 1.165) is 29.9 Å². The predicted molar refractivity (Wildman–Crippen MR) is 92.9 cm³/mol. The van der Waals surface area contributed by atoms with Gasteiger partial charge in [-0.15, -0.1) is 0 Å². The first kappa shape index (κ1) is 17.2. The van der Waals surface area contributed by atoms with E-state index in [1.807, 2.05) is 62.7 Å². The number of nitrogens with two attached hydrogens (primary N) is 1. The number of nitrogens with zero attached hydrogens (tertiary/aromatic N) is 2. The lowest BCUT2D eigenvalue weighted by atomic mass is 9.92. The van der Waals surface area contributed by atoms with Crippen LogP contribution in [-0.2, 0) is 0 Å². The summed E-state index contributed by atoms with van der Waals surface area (Å²) in [5, 5.41) is 7.54. The number of hydrogen-bond donors (Lipinski definition) is 2. The number of rotatable bonds is 6. The molecule has 0 spiro atoms. The SMILES string of the molecule is CCC(CC)(CN)NC(=O)c1ccc(-n2nc(C)cc2C)cc1. The fraction of sp³-hybridized carbons (Fsp3) is 0.444. The van der Waals surface area contributed by atoms with Crippen molar-refractivity contribution in [1.82, 2.24) is 15.1 Å². The Hall–Kier alpha value is -2.14. The number of aryl methyl sites for hydroxylation is 2. The molecule has 0 aliphatic carbocycles. The largest absolute Gasteiger partial charge is 0.345 e. The van der Waals surface area contributed by atoms with Crippen LogP contribution < -0.4 is 11.1 Å². The summed E-state index contributed by atoms with van der Waals surface area (Å²) >= 11 is 0. The standard InChI is InChI=1S/C18H26N4O/c1-5-18(6-2,12-19)20-17(23)15-7-9-16(10-8-15)22-14(4)11-13(3)21-22/h7-11H,5-6,12,19H2,1-4H3,(H,20,23). The highest BCUT2D eigenvalue weighted by Crippen LogP contribution is 2.16. The van der Waals surface area contributed by atoms with E-state index in [0.29, 0.717) is 12.1 Å². The number of carbonyl (C=O) groups excluding carboxylic acids is 1. The van der Waals surface area contributed by atoms with Crippen molar-refractivity contribution in [2.45, 2.75) is 46.1 Å². The van der Waals surface area contributed by atoms with Gasteiger partial charge in [0.25, 0.3) is 5.91 Å². The molecule has 2 aromatic rings. The predicted octanol–water partition coefficient (Wildman–Crippen LogP) is 2.74. The highest BCUT2D eigenvalue weighted by atomic mass is 16.1. The van der Waals surface area contributed by atoms with E-state index in [1.54, 1.807) is 0 Å². The van der Waals surface area contributed by atoms with Crippen LogP contribution in [0, 0.1) is 13.8 Å². The van der Waals surface area contributed by atoms with Gasteiger partial charge in [-0.3, -0.25) is 4.79 Å². The molecule has 1 aromatic heterocycles. The lowest BCUT2D eigenvalue weighted by Crippen LogP contribution is -2.52. The summed E-state index contributed by atoms with van der Waals surface area (Å²) in [6, 6.07) is 9.51. The molecule has 0 unspecified atom stereocenters. The van der Waals surface area contributed by atoms with E-state index < -0.39 is 0 Å². The maximum atomic E-state index is 12.5. The van der Waals surface area contributed by atoms with Crippen LogP contribution in [0.25, 0.3) is 5.69 Å². The Morgan fingerprint density at radius 2 is 1.83 bits per heavy atom. The molecule has 0 radical (unpaired) electrons. The molecular weight excluding hydrogens is 288 g/mol. The van der Waals surface area contributed by atoms with Crippen molar-refractivity contribution < 1.29 is 4.79 Å². The van der Waals surface area contributed by atoms with Gasteiger partial charge >= 0.3 is 0 Å². The molecule has 0 atom stereocenters. The van der Waals surface area contributed by atoms with Crippen LogP contribution in [0.4, 0.5) is 0 Å². The molecule has 5 nitrogen and oxygen atoms in total. The average molecular weight is 314 g/mol. The molecule has 1 aromatic carbocycles. The summed E-state index contributed by atoms with van der Waals surface area (Å²) in [6.45, 7) is 8.51. The smallest absolute Gasteiger partial charge is 0.251 e. The number of carbonyl (C=O) groups is 1. The molecule has 0 saturated heterocycles. The van der Waals surface area contributed by atoms with Crippen LogP contribution in [0.3, 0.4) is 0 Å². The quantitative estimate of drug-likeness (QED) is 0.861. The highest BCUT2D eigenvalue weighted by molar-refractivity contribution is 5.94. The molecule has 23 heavy (non-hydrogen) atoms. The van der Waals surface area contributed by atoms with Crippen LogP contribution >= 0.6 is 0 Å². The van der Waals surface area contributed by atoms with Crippen LogP contribution in [0.5, 0.6) is 0 Å². The van der Waals surface area contributed by atoms with Gasteiger partial charge in [0.15, 0.2) is 0 Å². The first-order valence-electron chi connectivity index (χ1n) is 8.11. The van der Waals surface area contributed by atoms with Gasteiger partial charge in [-0.2, -0.15) is 5.10 Å². The van der Waals surface area contributed by atoms with Gasteiger partial charge in [0.2, 0.25) is 0 Å². The Morgan fingerprint density at radius 1 is 1.22 bits per heavy atom. The number of aromatic nitrogens is 2. The zero-order valence-corrected chi connectivity index (χ0v) is 14.4. The van der Waals surface area contributed by atoms with Gasteiger partial charge in [0.05, 0.1) is 16.9 Å². The minimum atomic E-state index is -0.328. The van der Waals surface area contributed by atoms with E-state index in [1.165, 1.54) is 0 Å². The van der Waals surface area contributed by atoms with Crippen molar-refractivity contribution in [1.29, 1.82) is 0 Å². The summed E-state index contributed by atoms with van der Waals surface area (Å²) < 4.78 is 1.87. The van der Waals surface area contributed by atoms with Gasteiger partial charge in [0, 0.05) is 17.8 Å². The van der Waals surface area contributed by atoms with E-state index >= 15 is 0 Å². The Bertz CT molecular complexity index is 661. The number of hydrogen-bond acceptors (Lipinski definition) is 3. The Balaban J connectivity index is 2.19. The topological polar surface area (TPSA) is 72.9 Å². The number of nitrogens with one attached hydrogen (secondary N) is 1. The molecule has 2 rings (SSSR count). The summed E-state index contributed by atoms with van der Waals surface area (Å²) in [6.07, 6.45) is 1.63. The Morgan fingerprint density at radius 3 is 2.26 bits per heavy atom. The van der Waals surface area contributed by atoms with Crippen molar-refractivity contribution in [2.75, 3.05) is 6.54 Å². The minimum Gasteiger partial charge on any atom is -0.345 e. The van der Waals surface area contributed by atoms with Gasteiger partial charge in [0.1, 0.15) is 0 Å². The third-order valence-electron chi connectivity index (χ3n) is 4.51. The van der Waals surface area contributed by atoms with E-state index in [-0.39, 0.29) is 11.4 Å². The monoisotopic (exact) mass is 314 g/mol. The Labute approximate surface area is 137 Å². The zero-order valence-electron chi connectivity index (χ0n) is 14.4. The molecule has 1 amide bonds. The first-order valence-corrected chi connectivity index (χ1v) is 8.11. The number of amides is 1. The molecular formula is C18H26N4O. The van der Waals surface area contributed by atoms with Crippen molar-refractivity contribution in [3.63, 3.8) is 0 Å². The normalized spacial score (nSPS) is 11.5. The van der Waals surface area contributed by atoms with Gasteiger partial charge in [-0.25, -0.2) is 4.68 Å². The molecule has 5 heteroatoms. The number of benzene rings is 1. The third-order valence-corrected chi connectivity index (χ3v) is 4.51. The van der Waals surface area contributed by atoms with Crippen LogP contribution in [0.15, 0.2) is 30.3 Å². The van der Waals surface area contributed by atoms with Crippen molar-refractivity contribution in [3.8, 4) is 5.69 Å². The second-order valence-corrected chi connectivity index (χ2v) is 6.03. The molecule has 1 heterocycles. The lowest BCUT2D eigenvalue weighted by molar-refractivity contribution is 0.0895. The zero-order chi connectivity index (χ0) is 17.0. The molecule has 0 fully saturated rings. The van der Waals surface area contributed by atoms with Crippen LogP contribution in [0.1, 0.15) is 48.4 Å². The van der Waals surface area contributed by atoms with Gasteiger partial charge < -0.3 is 11.1 Å². The van der Waals surface area contributed by atoms with E-state index in [9.17, 15) is 4.79 Å². The molecule has 0 aliphatic rings. The third kappa shape index (κ3) is 3.62. The maximum Gasteiger partial charge on any atom is 0.251 e. The Kier molecular flexibility index (Phi) is 5.21. The van der Waals surface area contributed by atoms with Gasteiger partial charge in [-0.1, -0.05) is 13.8 Å². The highest BCUT2D eigenvalue weighted by Gasteiger charge is 2.26. The van der Waals surface area contributed by atoms with Crippen molar-refractivity contribution >= 4 is 5.91 Å². The fourth-order valence-electron chi connectivity index (χ4n) is 2.72. The lowest BCUT2D eigenvalue weighted by Gasteiger charge is -2.31. The van der Waals surface area contributed by atoms with E-state index in [4.69, 9.17) is 5.73 Å². The average Bonchev–Trinajstić information content (AvgIpc) is 2.91. The minimum absolute atomic E-state index is 0.0842. The molecule has 0 aliphatic heterocycles. The molecule has 0 bridgehead atoms. The van der Waals surface area contributed by atoms with Gasteiger partial charge in [-0.05, 0) is 57.0 Å². The van der Waals surface area contributed by atoms with E-state index in [2.05, 4.69) is 10.4 Å². The van der Waals surface area contributed by atoms with Crippen molar-refractivity contribution in [3.05, 3.63) is 47.3 Å². The van der Waals surface area contributed by atoms with Crippen molar-refractivity contribution in [2.24, 2.45) is 5.73 Å².